The van der Waals surface area contributed by atoms with Crippen molar-refractivity contribution in [2.24, 2.45) is 0 Å². The number of aliphatic hydroxyl groups excluding tert-OH is 5. The van der Waals surface area contributed by atoms with E-state index in [9.17, 15) is 43.3 Å². The molecule has 64 heavy (non-hydrogen) atoms. The molecule has 0 spiro atoms. The molecule has 1 heterocycles. The lowest BCUT2D eigenvalue weighted by Gasteiger charge is -2.41. The van der Waals surface area contributed by atoms with Gasteiger partial charge in [0.1, 0.15) is 30.5 Å². The predicted molar refractivity (Wildman–Crippen MR) is 256 cm³/mol. The van der Waals surface area contributed by atoms with Crippen LogP contribution in [-0.2, 0) is 28.9 Å². The van der Waals surface area contributed by atoms with Crippen molar-refractivity contribution in [2.45, 2.75) is 275 Å². The van der Waals surface area contributed by atoms with Crippen LogP contribution in [0.1, 0.15) is 226 Å². The van der Waals surface area contributed by atoms with E-state index < -0.39 is 78.5 Å². The van der Waals surface area contributed by atoms with Crippen molar-refractivity contribution in [2.75, 3.05) is 13.2 Å². The van der Waals surface area contributed by atoms with Gasteiger partial charge >= 0.3 is 10.4 Å². The molecule has 13 nitrogen and oxygen atoms in total. The van der Waals surface area contributed by atoms with Crippen LogP contribution in [0.5, 0.6) is 0 Å². The van der Waals surface area contributed by atoms with E-state index in [1.807, 2.05) is 0 Å². The lowest BCUT2D eigenvalue weighted by molar-refractivity contribution is -0.298. The van der Waals surface area contributed by atoms with Gasteiger partial charge in [-0.1, -0.05) is 218 Å². The largest absolute Gasteiger partial charge is 0.397 e. The van der Waals surface area contributed by atoms with Crippen molar-refractivity contribution in [3.8, 4) is 0 Å². The molecule has 14 heteroatoms. The van der Waals surface area contributed by atoms with Crippen LogP contribution in [0.15, 0.2) is 24.3 Å². The molecule has 0 aromatic rings. The fourth-order valence-electron chi connectivity index (χ4n) is 8.24. The Morgan fingerprint density at radius 1 is 0.625 bits per heavy atom. The van der Waals surface area contributed by atoms with Gasteiger partial charge in [0.05, 0.1) is 25.4 Å². The van der Waals surface area contributed by atoms with Gasteiger partial charge in [-0.25, -0.2) is 4.18 Å². The van der Waals surface area contributed by atoms with Crippen LogP contribution >= 0.6 is 0 Å². The molecule has 0 aromatic heterocycles. The van der Waals surface area contributed by atoms with Crippen molar-refractivity contribution < 1.29 is 57.0 Å². The molecule has 1 saturated heterocycles. The van der Waals surface area contributed by atoms with Gasteiger partial charge in [-0.15, -0.1) is 0 Å². The van der Waals surface area contributed by atoms with Crippen molar-refractivity contribution in [1.29, 1.82) is 0 Å². The zero-order valence-corrected chi connectivity index (χ0v) is 41.0. The zero-order chi connectivity index (χ0) is 47.1. The number of hydrogen-bond donors (Lipinski definition) is 7. The average Bonchev–Trinajstić information content (AvgIpc) is 3.27. The number of unbranched alkanes of at least 4 members (excludes halogenated alkanes) is 29. The van der Waals surface area contributed by atoms with Crippen molar-refractivity contribution in [3.05, 3.63) is 24.3 Å². The van der Waals surface area contributed by atoms with E-state index in [0.717, 1.165) is 38.5 Å². The molecule has 8 unspecified atom stereocenters. The number of rotatable bonds is 44. The highest BCUT2D eigenvalue weighted by Gasteiger charge is 2.48. The van der Waals surface area contributed by atoms with Crippen LogP contribution in [0.3, 0.4) is 0 Å². The number of nitrogens with one attached hydrogen (secondary N) is 1. The van der Waals surface area contributed by atoms with Crippen LogP contribution < -0.4 is 5.32 Å². The molecule has 0 aromatic carbocycles. The summed E-state index contributed by atoms with van der Waals surface area (Å²) in [4.78, 5) is 13.1. The maximum Gasteiger partial charge on any atom is 0.397 e. The van der Waals surface area contributed by atoms with Crippen molar-refractivity contribution in [3.63, 3.8) is 0 Å². The number of allylic oxidation sites excluding steroid dienone is 3. The average molecular weight is 934 g/mol. The highest BCUT2D eigenvalue weighted by atomic mass is 32.3. The third-order valence-electron chi connectivity index (χ3n) is 12.3. The molecule has 0 aliphatic carbocycles. The van der Waals surface area contributed by atoms with E-state index in [4.69, 9.17) is 9.47 Å². The quantitative estimate of drug-likeness (QED) is 0.0173. The van der Waals surface area contributed by atoms with E-state index in [0.29, 0.717) is 12.8 Å². The van der Waals surface area contributed by atoms with Crippen LogP contribution in [-0.4, -0.2) is 107 Å². The Bertz CT molecular complexity index is 1250. The van der Waals surface area contributed by atoms with Crippen LogP contribution in [0.2, 0.25) is 0 Å². The first-order valence-electron chi connectivity index (χ1n) is 25.8. The van der Waals surface area contributed by atoms with Crippen molar-refractivity contribution in [1.82, 2.24) is 5.32 Å². The lowest BCUT2D eigenvalue weighted by Crippen LogP contribution is -2.61. The maximum atomic E-state index is 13.1. The Balaban J connectivity index is 2.53. The van der Waals surface area contributed by atoms with E-state index in [1.54, 1.807) is 6.08 Å². The van der Waals surface area contributed by atoms with E-state index in [1.165, 1.54) is 160 Å². The molecular formula is C50H95NO12S. The maximum absolute atomic E-state index is 13.1. The van der Waals surface area contributed by atoms with Gasteiger partial charge in [-0.3, -0.25) is 9.35 Å². The second-order valence-electron chi connectivity index (χ2n) is 18.3. The summed E-state index contributed by atoms with van der Waals surface area (Å²) in [5.41, 5.74) is 0. The number of carbonyl (C=O) groups is 1. The van der Waals surface area contributed by atoms with Crippen LogP contribution in [0.25, 0.3) is 0 Å². The number of aliphatic hydroxyl groups is 5. The third kappa shape index (κ3) is 32.3. The summed E-state index contributed by atoms with van der Waals surface area (Å²) < 4.78 is 47.6. The second kappa shape index (κ2) is 40.6. The Kier molecular flexibility index (Phi) is 38.4. The third-order valence-corrected chi connectivity index (χ3v) is 12.8. The van der Waals surface area contributed by atoms with Gasteiger partial charge in [0, 0.05) is 0 Å². The first kappa shape index (κ1) is 60.6. The van der Waals surface area contributed by atoms with Crippen LogP contribution in [0, 0.1) is 0 Å². The second-order valence-corrected chi connectivity index (χ2v) is 19.3. The standard InChI is InChI=1S/C50H95NO12S/c1-3-5-7-9-11-13-15-17-19-21-23-25-27-29-31-33-35-37-39-44(54)49(57)51-42(41-61-50-47(56)48(63-64(58,59)60)46(55)45(40-52)62-50)43(53)38-36-34-32-30-28-26-24-22-20-18-16-14-12-10-8-6-4-2/h28,30,36,38,42-48,50,52-56H,3-27,29,31-35,37,39-41H2,1-2H3,(H,51,57)(H,58,59,60)/b30-28+,38-36+. The Hall–Kier alpha value is -1.46. The molecule has 1 aliphatic heterocycles. The summed E-state index contributed by atoms with van der Waals surface area (Å²) in [6.45, 7) is 3.23. The van der Waals surface area contributed by atoms with Crippen LogP contribution in [0.4, 0.5) is 0 Å². The summed E-state index contributed by atoms with van der Waals surface area (Å²) in [5.74, 6) is -0.709. The smallest absolute Gasteiger partial charge is 0.394 e. The fourth-order valence-corrected chi connectivity index (χ4v) is 8.75. The summed E-state index contributed by atoms with van der Waals surface area (Å²) in [6.07, 6.45) is 35.4. The van der Waals surface area contributed by atoms with Gasteiger partial charge in [-0.05, 0) is 32.1 Å². The topological polar surface area (TPSA) is 212 Å². The number of hydrogen-bond acceptors (Lipinski definition) is 11. The van der Waals surface area contributed by atoms with Gasteiger partial charge in [0.25, 0.3) is 0 Å². The summed E-state index contributed by atoms with van der Waals surface area (Å²) in [7, 11) is -5.12. The molecule has 1 amide bonds. The first-order chi connectivity index (χ1) is 30.9. The molecular weight excluding hydrogens is 839 g/mol. The van der Waals surface area contributed by atoms with E-state index in [2.05, 4.69) is 35.5 Å². The minimum absolute atomic E-state index is 0.241. The molecule has 0 saturated carbocycles. The summed E-state index contributed by atoms with van der Waals surface area (Å²) in [6, 6.07) is -1.13. The van der Waals surface area contributed by atoms with Gasteiger partial charge in [-0.2, -0.15) is 8.42 Å². The molecule has 1 rings (SSSR count). The molecule has 0 radical (unpaired) electrons. The highest BCUT2D eigenvalue weighted by molar-refractivity contribution is 7.80. The molecule has 378 valence electrons. The Labute approximate surface area is 389 Å². The van der Waals surface area contributed by atoms with Gasteiger partial charge in [0.15, 0.2) is 6.29 Å². The number of ether oxygens (including phenoxy) is 2. The fraction of sp³-hybridized carbons (Fsp3) is 0.900. The zero-order valence-electron chi connectivity index (χ0n) is 40.2. The highest BCUT2D eigenvalue weighted by Crippen LogP contribution is 2.26. The lowest BCUT2D eigenvalue weighted by atomic mass is 9.99. The van der Waals surface area contributed by atoms with E-state index >= 15 is 0 Å². The molecule has 1 aliphatic rings. The minimum Gasteiger partial charge on any atom is -0.394 e. The molecule has 8 atom stereocenters. The molecule has 7 N–H and O–H groups in total. The van der Waals surface area contributed by atoms with E-state index in [-0.39, 0.29) is 6.42 Å². The monoisotopic (exact) mass is 934 g/mol. The SMILES string of the molecule is CCCCCCCCCCCCC/C=C/CC/C=C/C(O)C(COC1OC(CO)C(O)C(OS(=O)(=O)O)C1O)NC(=O)C(O)CCCCCCCCCCCCCCCCCCCC. The normalized spacial score (nSPS) is 20.9. The predicted octanol–water partition coefficient (Wildman–Crippen LogP) is 9.86. The number of amides is 1. The molecule has 1 fully saturated rings. The Morgan fingerprint density at radius 2 is 1.05 bits per heavy atom. The van der Waals surface area contributed by atoms with Gasteiger partial charge < -0.3 is 40.3 Å². The summed E-state index contributed by atoms with van der Waals surface area (Å²) >= 11 is 0. The van der Waals surface area contributed by atoms with Crippen molar-refractivity contribution >= 4 is 16.3 Å². The van der Waals surface area contributed by atoms with Gasteiger partial charge in [0.2, 0.25) is 5.91 Å². The minimum atomic E-state index is -5.12. The number of carbonyl (C=O) groups excluding carboxylic acids is 1. The first-order valence-corrected chi connectivity index (χ1v) is 27.2. The Morgan fingerprint density at radius 3 is 1.50 bits per heavy atom. The summed E-state index contributed by atoms with van der Waals surface area (Å²) in [5, 5.41) is 55.3. The molecule has 0 bridgehead atoms.